The summed E-state index contributed by atoms with van der Waals surface area (Å²) < 4.78 is 14.5. The standard InChI is InChI=1S/C6H7O4P.C2H4/c7-11(8,9)10-6-4-2-1-3-5-6;1-2/h1-5H,(H2,7,8,9);1-2H2. The Morgan fingerprint density at radius 2 is 1.62 bits per heavy atom. The van der Waals surface area contributed by atoms with E-state index in [4.69, 9.17) is 9.79 Å². The van der Waals surface area contributed by atoms with Crippen molar-refractivity contribution in [2.45, 2.75) is 0 Å². The summed E-state index contributed by atoms with van der Waals surface area (Å²) in [6, 6.07) is 7.93. The molecule has 72 valence electrons. The van der Waals surface area contributed by atoms with Gasteiger partial charge in [0.25, 0.3) is 0 Å². The number of phosphoric ester groups is 1. The molecule has 0 saturated carbocycles. The van der Waals surface area contributed by atoms with Gasteiger partial charge in [0.05, 0.1) is 0 Å². The Kier molecular flexibility index (Phi) is 5.07. The minimum Gasteiger partial charge on any atom is -0.404 e. The van der Waals surface area contributed by atoms with E-state index in [9.17, 15) is 4.57 Å². The summed E-state index contributed by atoms with van der Waals surface area (Å²) in [6.45, 7) is 6.00. The molecule has 0 aromatic heterocycles. The molecule has 1 aromatic rings. The zero-order valence-corrected chi connectivity index (χ0v) is 7.85. The summed E-state index contributed by atoms with van der Waals surface area (Å²) in [6.07, 6.45) is 0. The second-order valence-electron chi connectivity index (χ2n) is 1.89. The molecule has 5 heteroatoms. The van der Waals surface area contributed by atoms with Crippen molar-refractivity contribution in [2.75, 3.05) is 0 Å². The van der Waals surface area contributed by atoms with Crippen LogP contribution in [-0.2, 0) is 4.57 Å². The second kappa shape index (κ2) is 5.54. The third-order valence-corrected chi connectivity index (χ3v) is 1.42. The maximum atomic E-state index is 10.3. The molecule has 1 rings (SSSR count). The van der Waals surface area contributed by atoms with Gasteiger partial charge in [-0.1, -0.05) is 18.2 Å². The van der Waals surface area contributed by atoms with Crippen LogP contribution in [0.5, 0.6) is 5.75 Å². The quantitative estimate of drug-likeness (QED) is 0.568. The van der Waals surface area contributed by atoms with Gasteiger partial charge in [-0.25, -0.2) is 4.57 Å². The number of hydrogen-bond acceptors (Lipinski definition) is 2. The van der Waals surface area contributed by atoms with Crippen molar-refractivity contribution in [1.29, 1.82) is 0 Å². The minimum atomic E-state index is -4.39. The summed E-state index contributed by atoms with van der Waals surface area (Å²) in [7, 11) is -4.39. The van der Waals surface area contributed by atoms with Gasteiger partial charge in [-0.15, -0.1) is 13.2 Å². The molecule has 0 spiro atoms. The number of para-hydroxylation sites is 1. The molecule has 0 aliphatic heterocycles. The topological polar surface area (TPSA) is 66.8 Å². The van der Waals surface area contributed by atoms with Crippen molar-refractivity contribution in [1.82, 2.24) is 0 Å². The van der Waals surface area contributed by atoms with Crippen molar-refractivity contribution >= 4 is 7.82 Å². The van der Waals surface area contributed by atoms with Crippen LogP contribution < -0.4 is 4.52 Å². The van der Waals surface area contributed by atoms with Gasteiger partial charge in [-0.3, -0.25) is 9.79 Å². The van der Waals surface area contributed by atoms with Gasteiger partial charge in [-0.2, -0.15) is 0 Å². The van der Waals surface area contributed by atoms with Crippen LogP contribution in [-0.4, -0.2) is 9.79 Å². The lowest BCUT2D eigenvalue weighted by atomic mass is 10.3. The molecule has 0 heterocycles. The lowest BCUT2D eigenvalue weighted by molar-refractivity contribution is 0.283. The first-order valence-electron chi connectivity index (χ1n) is 3.38. The molecular weight excluding hydrogens is 191 g/mol. The maximum Gasteiger partial charge on any atom is 0.524 e. The lowest BCUT2D eigenvalue weighted by Gasteiger charge is -2.04. The molecule has 1 aromatic carbocycles. The molecule has 0 aliphatic carbocycles. The number of hydrogen-bond donors (Lipinski definition) is 2. The van der Waals surface area contributed by atoms with Crippen molar-refractivity contribution in [3.63, 3.8) is 0 Å². The van der Waals surface area contributed by atoms with Gasteiger partial charge in [0.15, 0.2) is 0 Å². The van der Waals surface area contributed by atoms with Gasteiger partial charge in [0.2, 0.25) is 0 Å². The molecule has 0 saturated heterocycles. The third kappa shape index (κ3) is 6.11. The Morgan fingerprint density at radius 3 is 2.00 bits per heavy atom. The van der Waals surface area contributed by atoms with Crippen LogP contribution in [0.4, 0.5) is 0 Å². The maximum absolute atomic E-state index is 10.3. The van der Waals surface area contributed by atoms with Crippen LogP contribution in [0.15, 0.2) is 43.5 Å². The Balaban J connectivity index is 0.000000671. The number of benzene rings is 1. The largest absolute Gasteiger partial charge is 0.524 e. The molecule has 0 amide bonds. The monoisotopic (exact) mass is 202 g/mol. The highest BCUT2D eigenvalue weighted by atomic mass is 31.2. The summed E-state index contributed by atoms with van der Waals surface area (Å²) in [5.74, 6) is 0.167. The molecule has 0 fully saturated rings. The van der Waals surface area contributed by atoms with E-state index in [0.29, 0.717) is 0 Å². The van der Waals surface area contributed by atoms with Crippen LogP contribution in [0.25, 0.3) is 0 Å². The Morgan fingerprint density at radius 1 is 1.15 bits per heavy atom. The van der Waals surface area contributed by atoms with Crippen molar-refractivity contribution in [3.05, 3.63) is 43.5 Å². The van der Waals surface area contributed by atoms with Gasteiger partial charge in [0.1, 0.15) is 5.75 Å². The smallest absolute Gasteiger partial charge is 0.404 e. The predicted molar refractivity (Wildman–Crippen MR) is 50.4 cm³/mol. The summed E-state index contributed by atoms with van der Waals surface area (Å²) in [5, 5.41) is 0. The fraction of sp³-hybridized carbons (Fsp3) is 0. The summed E-state index contributed by atoms with van der Waals surface area (Å²) in [4.78, 5) is 16.7. The van der Waals surface area contributed by atoms with Crippen LogP contribution in [0.1, 0.15) is 0 Å². The fourth-order valence-corrected chi connectivity index (χ4v) is 1.02. The van der Waals surface area contributed by atoms with E-state index >= 15 is 0 Å². The first-order chi connectivity index (χ1) is 6.08. The summed E-state index contributed by atoms with van der Waals surface area (Å²) in [5.41, 5.74) is 0. The first-order valence-corrected chi connectivity index (χ1v) is 4.91. The molecule has 13 heavy (non-hydrogen) atoms. The second-order valence-corrected chi connectivity index (χ2v) is 3.06. The van der Waals surface area contributed by atoms with Crippen molar-refractivity contribution in [2.24, 2.45) is 0 Å². The molecule has 0 unspecified atom stereocenters. The first kappa shape index (κ1) is 11.9. The Hall–Kier alpha value is -1.09. The normalized spacial score (nSPS) is 9.69. The highest BCUT2D eigenvalue weighted by Crippen LogP contribution is 2.36. The number of rotatable bonds is 2. The van der Waals surface area contributed by atoms with E-state index in [0.717, 1.165) is 0 Å². The average Bonchev–Trinajstić information content (AvgIpc) is 2.07. The van der Waals surface area contributed by atoms with Gasteiger partial charge in [-0.05, 0) is 12.1 Å². The van der Waals surface area contributed by atoms with Gasteiger partial charge in [0, 0.05) is 0 Å². The molecule has 0 bridgehead atoms. The van der Waals surface area contributed by atoms with E-state index in [2.05, 4.69) is 17.7 Å². The molecule has 0 radical (unpaired) electrons. The van der Waals surface area contributed by atoms with Crippen molar-refractivity contribution < 1.29 is 18.9 Å². The SMILES string of the molecule is C=C.O=P(O)(O)Oc1ccccc1. The van der Waals surface area contributed by atoms with E-state index in [1.165, 1.54) is 12.1 Å². The van der Waals surface area contributed by atoms with E-state index in [-0.39, 0.29) is 5.75 Å². The zero-order chi connectivity index (χ0) is 10.3. The predicted octanol–water partition coefficient (Wildman–Crippen LogP) is 1.96. The highest BCUT2D eigenvalue weighted by molar-refractivity contribution is 7.46. The highest BCUT2D eigenvalue weighted by Gasteiger charge is 2.14. The van der Waals surface area contributed by atoms with Gasteiger partial charge < -0.3 is 4.52 Å². The van der Waals surface area contributed by atoms with Crippen LogP contribution in [0.2, 0.25) is 0 Å². The third-order valence-electron chi connectivity index (χ3n) is 0.968. The Bertz CT molecular complexity index is 279. The molecular formula is C8H11O4P. The fourth-order valence-electron chi connectivity index (χ4n) is 0.619. The lowest BCUT2D eigenvalue weighted by Crippen LogP contribution is -1.88. The molecule has 0 atom stereocenters. The van der Waals surface area contributed by atoms with Crippen molar-refractivity contribution in [3.8, 4) is 5.75 Å². The van der Waals surface area contributed by atoms with Gasteiger partial charge >= 0.3 is 7.82 Å². The Labute approximate surface area is 76.7 Å². The van der Waals surface area contributed by atoms with E-state index in [1.807, 2.05) is 0 Å². The van der Waals surface area contributed by atoms with E-state index < -0.39 is 7.82 Å². The molecule has 2 N–H and O–H groups in total. The minimum absolute atomic E-state index is 0.167. The van der Waals surface area contributed by atoms with Crippen LogP contribution >= 0.6 is 7.82 Å². The number of phosphoric acid groups is 1. The van der Waals surface area contributed by atoms with E-state index in [1.54, 1.807) is 18.2 Å². The zero-order valence-electron chi connectivity index (χ0n) is 6.96. The van der Waals surface area contributed by atoms with Crippen LogP contribution in [0.3, 0.4) is 0 Å². The average molecular weight is 202 g/mol. The summed E-state index contributed by atoms with van der Waals surface area (Å²) >= 11 is 0. The molecule has 4 nitrogen and oxygen atoms in total. The molecule has 0 aliphatic rings. The van der Waals surface area contributed by atoms with Crippen LogP contribution in [0, 0.1) is 0 Å².